The van der Waals surface area contributed by atoms with Gasteiger partial charge in [-0.3, -0.25) is 4.79 Å². The second-order valence-corrected chi connectivity index (χ2v) is 12.3. The molecule has 46 heavy (non-hydrogen) atoms. The van der Waals surface area contributed by atoms with Crippen molar-refractivity contribution in [2.24, 2.45) is 0 Å². The van der Waals surface area contributed by atoms with Gasteiger partial charge in [0.25, 0.3) is 0 Å². The normalized spacial score (nSPS) is 23.7. The van der Waals surface area contributed by atoms with Crippen molar-refractivity contribution < 1.29 is 39.8 Å². The number of ether oxygens (including phenoxy) is 2. The lowest BCUT2D eigenvalue weighted by Crippen LogP contribution is -2.60. The molecule has 0 aromatic heterocycles. The van der Waals surface area contributed by atoms with Crippen LogP contribution in [0.5, 0.6) is 0 Å². The second-order valence-electron chi connectivity index (χ2n) is 12.3. The fraction of sp³-hybridized carbons (Fsp3) is 0.757. The molecule has 1 fully saturated rings. The van der Waals surface area contributed by atoms with E-state index in [1.165, 1.54) is 38.5 Å². The number of carbonyl (C=O) groups is 1. The first kappa shape index (κ1) is 42.2. The molecule has 0 bridgehead atoms. The van der Waals surface area contributed by atoms with E-state index in [2.05, 4.69) is 42.6 Å². The molecule has 9 nitrogen and oxygen atoms in total. The molecule has 0 radical (unpaired) electrons. The number of hydrogen-bond donors (Lipinski definition) is 6. The number of rotatable bonds is 27. The number of unbranched alkanes of at least 4 members (excludes halogenated alkanes) is 12. The molecule has 7 atom stereocenters. The third kappa shape index (κ3) is 19.7. The van der Waals surface area contributed by atoms with Crippen molar-refractivity contribution in [3.8, 4) is 0 Å². The maximum absolute atomic E-state index is 12.8. The summed E-state index contributed by atoms with van der Waals surface area (Å²) < 4.78 is 11.1. The van der Waals surface area contributed by atoms with E-state index in [0.717, 1.165) is 64.2 Å². The third-order valence-electron chi connectivity index (χ3n) is 8.20. The summed E-state index contributed by atoms with van der Waals surface area (Å²) in [5, 5.41) is 53.6. The Bertz CT molecular complexity index is 858. The highest BCUT2D eigenvalue weighted by atomic mass is 16.7. The largest absolute Gasteiger partial charge is 0.394 e. The predicted octanol–water partition coefficient (Wildman–Crippen LogP) is 5.54. The van der Waals surface area contributed by atoms with Gasteiger partial charge in [0, 0.05) is 6.42 Å². The van der Waals surface area contributed by atoms with Gasteiger partial charge in [0.2, 0.25) is 5.91 Å². The molecule has 0 aliphatic carbocycles. The molecule has 1 saturated heterocycles. The molecule has 1 aliphatic heterocycles. The summed E-state index contributed by atoms with van der Waals surface area (Å²) in [5.41, 5.74) is 0. The first-order valence-corrected chi connectivity index (χ1v) is 17.8. The van der Waals surface area contributed by atoms with Crippen LogP contribution in [0.4, 0.5) is 0 Å². The van der Waals surface area contributed by atoms with E-state index in [0.29, 0.717) is 6.42 Å². The Balaban J connectivity index is 2.50. The van der Waals surface area contributed by atoms with E-state index >= 15 is 0 Å². The van der Waals surface area contributed by atoms with Crippen molar-refractivity contribution in [1.29, 1.82) is 0 Å². The highest BCUT2D eigenvalue weighted by molar-refractivity contribution is 5.76. The van der Waals surface area contributed by atoms with Crippen molar-refractivity contribution in [2.75, 3.05) is 13.2 Å². The lowest BCUT2D eigenvalue weighted by molar-refractivity contribution is -0.302. The minimum absolute atomic E-state index is 0.208. The van der Waals surface area contributed by atoms with E-state index in [1.807, 2.05) is 19.1 Å². The molecular formula is C37H65NO8. The average Bonchev–Trinajstić information content (AvgIpc) is 3.05. The Morgan fingerprint density at radius 1 is 0.761 bits per heavy atom. The van der Waals surface area contributed by atoms with E-state index < -0.39 is 49.5 Å². The van der Waals surface area contributed by atoms with Crippen LogP contribution >= 0.6 is 0 Å². The SMILES string of the molecule is C/C=C/CC/C=C/CC/C=C/C(O)C(COC1OC(CO)C(O)C(O)C1O)NC(=O)CCCCCCC/C=C\CCCCCCC. The number of carbonyl (C=O) groups excluding carboxylic acids is 1. The lowest BCUT2D eigenvalue weighted by Gasteiger charge is -2.40. The fourth-order valence-electron chi connectivity index (χ4n) is 5.24. The monoisotopic (exact) mass is 651 g/mol. The summed E-state index contributed by atoms with van der Waals surface area (Å²) in [7, 11) is 0. The molecule has 0 aromatic rings. The highest BCUT2D eigenvalue weighted by Crippen LogP contribution is 2.22. The van der Waals surface area contributed by atoms with Crippen molar-refractivity contribution in [3.63, 3.8) is 0 Å². The Labute approximate surface area is 278 Å². The average molecular weight is 652 g/mol. The zero-order chi connectivity index (χ0) is 33.8. The van der Waals surface area contributed by atoms with Crippen LogP contribution < -0.4 is 5.32 Å². The summed E-state index contributed by atoms with van der Waals surface area (Å²) in [5.74, 6) is -0.208. The van der Waals surface area contributed by atoms with E-state index in [1.54, 1.807) is 6.08 Å². The van der Waals surface area contributed by atoms with Gasteiger partial charge in [-0.1, -0.05) is 100 Å². The molecule has 1 heterocycles. The minimum atomic E-state index is -1.57. The van der Waals surface area contributed by atoms with Crippen LogP contribution in [0.25, 0.3) is 0 Å². The molecule has 1 amide bonds. The van der Waals surface area contributed by atoms with E-state index in [-0.39, 0.29) is 12.5 Å². The molecule has 266 valence electrons. The molecule has 0 saturated carbocycles. The van der Waals surface area contributed by atoms with Crippen LogP contribution in [0.1, 0.15) is 123 Å². The number of aliphatic hydroxyl groups excluding tert-OH is 5. The van der Waals surface area contributed by atoms with Crippen molar-refractivity contribution >= 4 is 5.91 Å². The molecule has 9 heteroatoms. The smallest absolute Gasteiger partial charge is 0.220 e. The Morgan fingerprint density at radius 2 is 1.33 bits per heavy atom. The van der Waals surface area contributed by atoms with E-state index in [4.69, 9.17) is 9.47 Å². The van der Waals surface area contributed by atoms with Crippen LogP contribution in [-0.4, -0.2) is 87.5 Å². The molecule has 1 rings (SSSR count). The first-order chi connectivity index (χ1) is 22.3. The minimum Gasteiger partial charge on any atom is -0.394 e. The molecule has 1 aliphatic rings. The van der Waals surface area contributed by atoms with Crippen LogP contribution in [-0.2, 0) is 14.3 Å². The second kappa shape index (κ2) is 28.2. The fourth-order valence-corrected chi connectivity index (χ4v) is 5.24. The predicted molar refractivity (Wildman–Crippen MR) is 184 cm³/mol. The van der Waals surface area contributed by atoms with Crippen LogP contribution in [0.3, 0.4) is 0 Å². The third-order valence-corrected chi connectivity index (χ3v) is 8.20. The van der Waals surface area contributed by atoms with Crippen LogP contribution in [0.2, 0.25) is 0 Å². The van der Waals surface area contributed by atoms with Crippen LogP contribution in [0.15, 0.2) is 48.6 Å². The summed E-state index contributed by atoms with van der Waals surface area (Å²) in [6.07, 6.45) is 26.1. The Kier molecular flexibility index (Phi) is 25.8. The maximum Gasteiger partial charge on any atom is 0.220 e. The zero-order valence-corrected chi connectivity index (χ0v) is 28.6. The first-order valence-electron chi connectivity index (χ1n) is 17.8. The standard InChI is InChI=1S/C37H65NO8/c1-3-5-7-9-11-13-14-15-16-17-19-21-23-25-27-33(41)38-30(31(40)26-24-22-20-18-12-10-8-6-4-2)29-45-37-36(44)35(43)34(42)32(28-39)46-37/h4,6,12,14-15,18,24,26,30-32,34-37,39-40,42-44H,3,5,7-11,13,16-17,19-23,25,27-29H2,1-2H3,(H,38,41)/b6-4+,15-14-,18-12+,26-24+. The van der Waals surface area contributed by atoms with Crippen LogP contribution in [0, 0.1) is 0 Å². The number of hydrogen-bond acceptors (Lipinski definition) is 8. The van der Waals surface area contributed by atoms with Crippen molar-refractivity contribution in [1.82, 2.24) is 5.32 Å². The number of amides is 1. The van der Waals surface area contributed by atoms with Gasteiger partial charge in [0.05, 0.1) is 25.4 Å². The molecule has 0 spiro atoms. The van der Waals surface area contributed by atoms with Gasteiger partial charge in [-0.25, -0.2) is 0 Å². The summed E-state index contributed by atoms with van der Waals surface area (Å²) in [4.78, 5) is 12.8. The van der Waals surface area contributed by atoms with Gasteiger partial charge in [-0.05, 0) is 64.7 Å². The summed E-state index contributed by atoms with van der Waals surface area (Å²) >= 11 is 0. The number of allylic oxidation sites excluding steroid dienone is 7. The Hall–Kier alpha value is -1.85. The van der Waals surface area contributed by atoms with Crippen molar-refractivity contribution in [2.45, 2.75) is 166 Å². The van der Waals surface area contributed by atoms with Gasteiger partial charge in [-0.15, -0.1) is 0 Å². The van der Waals surface area contributed by atoms with Gasteiger partial charge in [-0.2, -0.15) is 0 Å². The quantitative estimate of drug-likeness (QED) is 0.0501. The molecular weight excluding hydrogens is 586 g/mol. The van der Waals surface area contributed by atoms with Crippen molar-refractivity contribution in [3.05, 3.63) is 48.6 Å². The Morgan fingerprint density at radius 3 is 1.96 bits per heavy atom. The van der Waals surface area contributed by atoms with Gasteiger partial charge < -0.3 is 40.3 Å². The van der Waals surface area contributed by atoms with Gasteiger partial charge >= 0.3 is 0 Å². The molecule has 6 N–H and O–H groups in total. The summed E-state index contributed by atoms with van der Waals surface area (Å²) in [6.45, 7) is 3.46. The van der Waals surface area contributed by atoms with E-state index in [9.17, 15) is 30.3 Å². The van der Waals surface area contributed by atoms with Gasteiger partial charge in [0.15, 0.2) is 6.29 Å². The van der Waals surface area contributed by atoms with Gasteiger partial charge in [0.1, 0.15) is 24.4 Å². The highest BCUT2D eigenvalue weighted by Gasteiger charge is 2.44. The number of nitrogens with one attached hydrogen (secondary N) is 1. The number of aliphatic hydroxyl groups is 5. The summed E-state index contributed by atoms with van der Waals surface area (Å²) in [6, 6.07) is -0.828. The molecule has 7 unspecified atom stereocenters. The molecule has 0 aromatic carbocycles. The maximum atomic E-state index is 12.8. The lowest BCUT2D eigenvalue weighted by atomic mass is 9.99. The zero-order valence-electron chi connectivity index (χ0n) is 28.6. The topological polar surface area (TPSA) is 149 Å².